The Bertz CT molecular complexity index is 1030. The van der Waals surface area contributed by atoms with Crippen molar-refractivity contribution in [3.05, 3.63) is 78.0 Å². The third-order valence-corrected chi connectivity index (χ3v) is 4.90. The number of nitrogens with one attached hydrogen (secondary N) is 2. The van der Waals surface area contributed by atoms with Crippen molar-refractivity contribution in [1.82, 2.24) is 4.98 Å². The number of carbonyl (C=O) groups is 1. The molecule has 1 aromatic heterocycles. The summed E-state index contributed by atoms with van der Waals surface area (Å²) in [7, 11) is 0. The summed E-state index contributed by atoms with van der Waals surface area (Å²) in [6.07, 6.45) is 4.07. The lowest BCUT2D eigenvalue weighted by molar-refractivity contribution is 0.102. The molecule has 6 heteroatoms. The number of carbonyl (C=O) groups excluding carboxylic acids is 1. The molecule has 0 bridgehead atoms. The van der Waals surface area contributed by atoms with Gasteiger partial charge in [0.15, 0.2) is 0 Å². The molecule has 4 rings (SSSR count). The molecule has 6 nitrogen and oxygen atoms in total. The summed E-state index contributed by atoms with van der Waals surface area (Å²) in [6, 6.07) is 20.5. The molecule has 1 fully saturated rings. The third kappa shape index (κ3) is 4.53. The molecule has 0 radical (unpaired) electrons. The van der Waals surface area contributed by atoms with E-state index in [1.54, 1.807) is 42.6 Å². The van der Waals surface area contributed by atoms with E-state index in [0.717, 1.165) is 24.5 Å². The molecule has 1 aliphatic heterocycles. The van der Waals surface area contributed by atoms with Gasteiger partial charge in [-0.2, -0.15) is 5.26 Å². The first-order chi connectivity index (χ1) is 14.2. The van der Waals surface area contributed by atoms with E-state index >= 15 is 0 Å². The molecule has 0 atom stereocenters. The Balaban J connectivity index is 1.42. The lowest BCUT2D eigenvalue weighted by Crippen LogP contribution is -2.17. The van der Waals surface area contributed by atoms with Crippen LogP contribution in [0.5, 0.6) is 0 Å². The van der Waals surface area contributed by atoms with E-state index in [9.17, 15) is 4.79 Å². The minimum absolute atomic E-state index is 0.191. The van der Waals surface area contributed by atoms with Crippen LogP contribution in [-0.2, 0) is 0 Å². The van der Waals surface area contributed by atoms with Gasteiger partial charge >= 0.3 is 0 Å². The molecule has 0 aliphatic carbocycles. The van der Waals surface area contributed by atoms with E-state index in [2.05, 4.69) is 26.6 Å². The van der Waals surface area contributed by atoms with E-state index in [0.29, 0.717) is 16.9 Å². The van der Waals surface area contributed by atoms with Gasteiger partial charge in [0.05, 0.1) is 11.6 Å². The summed E-state index contributed by atoms with van der Waals surface area (Å²) >= 11 is 0. The second-order valence-corrected chi connectivity index (χ2v) is 6.94. The van der Waals surface area contributed by atoms with Crippen LogP contribution in [-0.4, -0.2) is 24.0 Å². The normalized spacial score (nSPS) is 13.0. The number of nitriles is 1. The van der Waals surface area contributed by atoms with Gasteiger partial charge in [-0.1, -0.05) is 0 Å². The summed E-state index contributed by atoms with van der Waals surface area (Å²) in [5, 5.41) is 15.0. The van der Waals surface area contributed by atoms with E-state index in [4.69, 9.17) is 5.26 Å². The van der Waals surface area contributed by atoms with Crippen LogP contribution in [0.4, 0.5) is 22.9 Å². The molecule has 2 N–H and O–H groups in total. The fraction of sp³-hybridized carbons (Fsp3) is 0.174. The maximum atomic E-state index is 12.6. The molecule has 2 heterocycles. The van der Waals surface area contributed by atoms with Gasteiger partial charge in [0.1, 0.15) is 5.82 Å². The van der Waals surface area contributed by atoms with Crippen molar-refractivity contribution in [1.29, 1.82) is 5.26 Å². The highest BCUT2D eigenvalue weighted by Gasteiger charge is 2.12. The standard InChI is InChI=1S/C23H21N5O/c24-16-17-3-5-19(6-4-17)26-22-15-18(11-12-25-22)23(29)27-20-7-9-21(10-8-20)28-13-1-2-14-28/h3-12,15H,1-2,13-14H2,(H,25,26)(H,27,29). The van der Waals surface area contributed by atoms with Crippen molar-refractivity contribution >= 4 is 28.8 Å². The number of rotatable bonds is 5. The first-order valence-corrected chi connectivity index (χ1v) is 9.61. The van der Waals surface area contributed by atoms with Crippen molar-refractivity contribution in [2.24, 2.45) is 0 Å². The summed E-state index contributed by atoms with van der Waals surface area (Å²) in [5.74, 6) is 0.371. The van der Waals surface area contributed by atoms with E-state index < -0.39 is 0 Å². The van der Waals surface area contributed by atoms with Gasteiger partial charge in [0.25, 0.3) is 5.91 Å². The maximum Gasteiger partial charge on any atom is 0.255 e. The zero-order valence-corrected chi connectivity index (χ0v) is 15.9. The summed E-state index contributed by atoms with van der Waals surface area (Å²) in [5.41, 5.74) is 3.85. The average Bonchev–Trinajstić information content (AvgIpc) is 3.30. The van der Waals surface area contributed by atoms with Gasteiger partial charge in [-0.3, -0.25) is 4.79 Å². The Morgan fingerprint density at radius 1 is 0.966 bits per heavy atom. The lowest BCUT2D eigenvalue weighted by atomic mass is 10.2. The molecule has 0 saturated carbocycles. The minimum atomic E-state index is -0.191. The first-order valence-electron chi connectivity index (χ1n) is 9.61. The van der Waals surface area contributed by atoms with Crippen LogP contribution < -0.4 is 15.5 Å². The highest BCUT2D eigenvalue weighted by atomic mass is 16.1. The Morgan fingerprint density at radius 2 is 1.66 bits per heavy atom. The van der Waals surface area contributed by atoms with Crippen LogP contribution >= 0.6 is 0 Å². The minimum Gasteiger partial charge on any atom is -0.372 e. The molecule has 0 spiro atoms. The van der Waals surface area contributed by atoms with Crippen LogP contribution in [0.2, 0.25) is 0 Å². The molecule has 144 valence electrons. The van der Waals surface area contributed by atoms with E-state index in [-0.39, 0.29) is 5.91 Å². The van der Waals surface area contributed by atoms with Crippen LogP contribution in [0.15, 0.2) is 66.9 Å². The second-order valence-electron chi connectivity index (χ2n) is 6.94. The molecule has 1 saturated heterocycles. The summed E-state index contributed by atoms with van der Waals surface area (Å²) < 4.78 is 0. The maximum absolute atomic E-state index is 12.6. The van der Waals surface area contributed by atoms with E-state index in [1.807, 2.05) is 24.3 Å². The zero-order chi connectivity index (χ0) is 20.1. The highest BCUT2D eigenvalue weighted by molar-refractivity contribution is 6.04. The van der Waals surface area contributed by atoms with Gasteiger partial charge < -0.3 is 15.5 Å². The topological polar surface area (TPSA) is 81.0 Å². The predicted octanol–water partition coefficient (Wildman–Crippen LogP) is 4.55. The van der Waals surface area contributed by atoms with Crippen LogP contribution in [0, 0.1) is 11.3 Å². The number of anilines is 4. The van der Waals surface area contributed by atoms with Crippen molar-refractivity contribution in [3.63, 3.8) is 0 Å². The highest BCUT2D eigenvalue weighted by Crippen LogP contribution is 2.22. The SMILES string of the molecule is N#Cc1ccc(Nc2cc(C(=O)Nc3ccc(N4CCCC4)cc3)ccn2)cc1. The molecule has 1 aliphatic rings. The largest absolute Gasteiger partial charge is 0.372 e. The zero-order valence-electron chi connectivity index (χ0n) is 15.9. The molecule has 0 unspecified atom stereocenters. The predicted molar refractivity (Wildman–Crippen MR) is 115 cm³/mol. The Morgan fingerprint density at radius 3 is 2.34 bits per heavy atom. The second kappa shape index (κ2) is 8.44. The van der Waals surface area contributed by atoms with Gasteiger partial charge in [0, 0.05) is 41.9 Å². The van der Waals surface area contributed by atoms with Crippen LogP contribution in [0.25, 0.3) is 0 Å². The lowest BCUT2D eigenvalue weighted by Gasteiger charge is -2.17. The Labute approximate surface area is 169 Å². The van der Waals surface area contributed by atoms with Crippen LogP contribution in [0.3, 0.4) is 0 Å². The summed E-state index contributed by atoms with van der Waals surface area (Å²) in [4.78, 5) is 19.2. The van der Waals surface area contributed by atoms with Gasteiger partial charge in [0.2, 0.25) is 0 Å². The summed E-state index contributed by atoms with van der Waals surface area (Å²) in [6.45, 7) is 2.19. The molecule has 3 aromatic rings. The molecule has 1 amide bonds. The Hall–Kier alpha value is -3.85. The monoisotopic (exact) mass is 383 g/mol. The number of hydrogen-bond donors (Lipinski definition) is 2. The van der Waals surface area contributed by atoms with E-state index in [1.165, 1.54) is 18.5 Å². The number of benzene rings is 2. The number of pyridine rings is 1. The smallest absolute Gasteiger partial charge is 0.255 e. The first kappa shape index (κ1) is 18.5. The van der Waals surface area contributed by atoms with Crippen molar-refractivity contribution in [2.45, 2.75) is 12.8 Å². The van der Waals surface area contributed by atoms with Gasteiger partial charge in [-0.15, -0.1) is 0 Å². The fourth-order valence-corrected chi connectivity index (χ4v) is 3.35. The number of nitrogens with zero attached hydrogens (tertiary/aromatic N) is 3. The Kier molecular flexibility index (Phi) is 5.39. The van der Waals surface area contributed by atoms with Crippen molar-refractivity contribution in [3.8, 4) is 6.07 Å². The number of aromatic nitrogens is 1. The van der Waals surface area contributed by atoms with Crippen molar-refractivity contribution in [2.75, 3.05) is 28.6 Å². The molecular formula is C23H21N5O. The number of amides is 1. The average molecular weight is 383 g/mol. The fourth-order valence-electron chi connectivity index (χ4n) is 3.35. The number of hydrogen-bond acceptors (Lipinski definition) is 5. The quantitative estimate of drug-likeness (QED) is 0.676. The van der Waals surface area contributed by atoms with Crippen molar-refractivity contribution < 1.29 is 4.79 Å². The van der Waals surface area contributed by atoms with Gasteiger partial charge in [-0.05, 0) is 73.5 Å². The molecule has 29 heavy (non-hydrogen) atoms. The molecule has 2 aromatic carbocycles. The van der Waals surface area contributed by atoms with Gasteiger partial charge in [-0.25, -0.2) is 4.98 Å². The third-order valence-electron chi connectivity index (χ3n) is 4.90. The molecular weight excluding hydrogens is 362 g/mol. The van der Waals surface area contributed by atoms with Crippen LogP contribution in [0.1, 0.15) is 28.8 Å².